The van der Waals surface area contributed by atoms with Gasteiger partial charge in [-0.05, 0) is 26.7 Å². The van der Waals surface area contributed by atoms with E-state index < -0.39 is 0 Å². The van der Waals surface area contributed by atoms with Gasteiger partial charge in [0, 0.05) is 37.8 Å². The van der Waals surface area contributed by atoms with Gasteiger partial charge in [-0.3, -0.25) is 0 Å². The third-order valence-corrected chi connectivity index (χ3v) is 3.23. The van der Waals surface area contributed by atoms with Crippen molar-refractivity contribution in [2.45, 2.75) is 52.9 Å². The lowest BCUT2D eigenvalue weighted by atomic mass is 9.95. The molecule has 0 saturated heterocycles. The standard InChI is InChI=1S/C16H30N4O/c1-7-17-13-12(2)14(18-10-8-9-11-21-6)20-15(19-13)16(3,4)5/h7-11H2,1-6H3,(H2,17,18,19,20). The number of nitrogens with zero attached hydrogens (tertiary/aromatic N) is 2. The number of rotatable bonds is 8. The first-order valence-electron chi connectivity index (χ1n) is 7.76. The summed E-state index contributed by atoms with van der Waals surface area (Å²) in [5.41, 5.74) is 1.02. The van der Waals surface area contributed by atoms with Crippen LogP contribution in [-0.4, -0.2) is 36.8 Å². The lowest BCUT2D eigenvalue weighted by Gasteiger charge is -2.21. The molecule has 5 nitrogen and oxygen atoms in total. The molecule has 0 spiro atoms. The van der Waals surface area contributed by atoms with Gasteiger partial charge in [0.1, 0.15) is 17.5 Å². The van der Waals surface area contributed by atoms with Gasteiger partial charge in [0.2, 0.25) is 0 Å². The van der Waals surface area contributed by atoms with Crippen LogP contribution in [0.15, 0.2) is 0 Å². The zero-order valence-electron chi connectivity index (χ0n) is 14.3. The molecule has 0 bridgehead atoms. The fourth-order valence-corrected chi connectivity index (χ4v) is 1.94. The number of anilines is 2. The smallest absolute Gasteiger partial charge is 0.138 e. The summed E-state index contributed by atoms with van der Waals surface area (Å²) in [7, 11) is 1.74. The van der Waals surface area contributed by atoms with E-state index in [9.17, 15) is 0 Å². The van der Waals surface area contributed by atoms with Crippen molar-refractivity contribution in [2.75, 3.05) is 37.4 Å². The van der Waals surface area contributed by atoms with Crippen LogP contribution in [0.25, 0.3) is 0 Å². The van der Waals surface area contributed by atoms with Crippen LogP contribution in [0.5, 0.6) is 0 Å². The highest BCUT2D eigenvalue weighted by Crippen LogP contribution is 2.26. The Morgan fingerprint density at radius 2 is 1.67 bits per heavy atom. The van der Waals surface area contributed by atoms with E-state index in [4.69, 9.17) is 9.72 Å². The zero-order valence-corrected chi connectivity index (χ0v) is 14.3. The molecule has 0 fully saturated rings. The molecule has 0 aromatic carbocycles. The van der Waals surface area contributed by atoms with Gasteiger partial charge in [0.15, 0.2) is 0 Å². The predicted octanol–water partition coefficient (Wildman–Crippen LogP) is 3.35. The van der Waals surface area contributed by atoms with Crippen molar-refractivity contribution in [3.8, 4) is 0 Å². The molecule has 0 aliphatic heterocycles. The van der Waals surface area contributed by atoms with E-state index in [2.05, 4.69) is 50.2 Å². The summed E-state index contributed by atoms with van der Waals surface area (Å²) in [4.78, 5) is 9.38. The average molecular weight is 294 g/mol. The molecule has 0 unspecified atom stereocenters. The Kier molecular flexibility index (Phi) is 6.89. The van der Waals surface area contributed by atoms with Gasteiger partial charge in [0.05, 0.1) is 0 Å². The van der Waals surface area contributed by atoms with Crippen molar-refractivity contribution in [1.29, 1.82) is 0 Å². The van der Waals surface area contributed by atoms with Crippen molar-refractivity contribution in [2.24, 2.45) is 0 Å². The number of ether oxygens (including phenoxy) is 1. The van der Waals surface area contributed by atoms with E-state index in [1.807, 2.05) is 0 Å². The molecule has 0 saturated carbocycles. The molecule has 0 radical (unpaired) electrons. The Balaban J connectivity index is 2.87. The van der Waals surface area contributed by atoms with Crippen LogP contribution in [-0.2, 0) is 10.2 Å². The number of hydrogen-bond acceptors (Lipinski definition) is 5. The van der Waals surface area contributed by atoms with E-state index >= 15 is 0 Å². The second-order valence-corrected chi connectivity index (χ2v) is 6.28. The van der Waals surface area contributed by atoms with Crippen LogP contribution in [0, 0.1) is 6.92 Å². The maximum Gasteiger partial charge on any atom is 0.138 e. The summed E-state index contributed by atoms with van der Waals surface area (Å²) in [6.07, 6.45) is 2.12. The van der Waals surface area contributed by atoms with Gasteiger partial charge >= 0.3 is 0 Å². The fourth-order valence-electron chi connectivity index (χ4n) is 1.94. The minimum atomic E-state index is -0.0651. The Morgan fingerprint density at radius 3 is 2.19 bits per heavy atom. The Morgan fingerprint density at radius 1 is 1.05 bits per heavy atom. The molecule has 2 N–H and O–H groups in total. The van der Waals surface area contributed by atoms with E-state index in [1.54, 1.807) is 7.11 Å². The number of methoxy groups -OCH3 is 1. The molecule has 120 valence electrons. The summed E-state index contributed by atoms with van der Waals surface area (Å²) < 4.78 is 5.07. The largest absolute Gasteiger partial charge is 0.385 e. The first-order valence-corrected chi connectivity index (χ1v) is 7.76. The normalized spacial score (nSPS) is 11.5. The third kappa shape index (κ3) is 5.50. The summed E-state index contributed by atoms with van der Waals surface area (Å²) in [6, 6.07) is 0. The molecule has 0 atom stereocenters. The average Bonchev–Trinajstić information content (AvgIpc) is 2.41. The van der Waals surface area contributed by atoms with E-state index in [0.717, 1.165) is 55.6 Å². The SMILES string of the molecule is CCNc1nc(C(C)(C)C)nc(NCCCCOC)c1C. The summed E-state index contributed by atoms with van der Waals surface area (Å²) in [5, 5.41) is 6.76. The Labute approximate surface area is 128 Å². The fraction of sp³-hybridized carbons (Fsp3) is 0.750. The van der Waals surface area contributed by atoms with Crippen molar-refractivity contribution in [3.63, 3.8) is 0 Å². The summed E-state index contributed by atoms with van der Waals surface area (Å²) in [6.45, 7) is 13.1. The summed E-state index contributed by atoms with van der Waals surface area (Å²) in [5.74, 6) is 2.73. The van der Waals surface area contributed by atoms with Crippen LogP contribution in [0.1, 0.15) is 51.9 Å². The zero-order chi connectivity index (χ0) is 15.9. The molecule has 0 aliphatic carbocycles. The molecule has 1 heterocycles. The van der Waals surface area contributed by atoms with E-state index in [1.165, 1.54) is 0 Å². The second-order valence-electron chi connectivity index (χ2n) is 6.28. The molecule has 0 amide bonds. The number of unbranched alkanes of at least 4 members (excludes halogenated alkanes) is 1. The molecule has 1 aromatic heterocycles. The summed E-state index contributed by atoms with van der Waals surface area (Å²) >= 11 is 0. The molecular formula is C16H30N4O. The first kappa shape index (κ1) is 17.7. The number of nitrogens with one attached hydrogen (secondary N) is 2. The highest BCUT2D eigenvalue weighted by molar-refractivity contribution is 5.57. The monoisotopic (exact) mass is 294 g/mol. The maximum atomic E-state index is 5.07. The molecule has 21 heavy (non-hydrogen) atoms. The first-order chi connectivity index (χ1) is 9.90. The highest BCUT2D eigenvalue weighted by Gasteiger charge is 2.20. The lowest BCUT2D eigenvalue weighted by molar-refractivity contribution is 0.194. The highest BCUT2D eigenvalue weighted by atomic mass is 16.5. The number of aromatic nitrogens is 2. The van der Waals surface area contributed by atoms with Gasteiger partial charge in [-0.2, -0.15) is 0 Å². The maximum absolute atomic E-state index is 5.07. The van der Waals surface area contributed by atoms with Crippen LogP contribution in [0.2, 0.25) is 0 Å². The van der Waals surface area contributed by atoms with Crippen molar-refractivity contribution in [1.82, 2.24) is 9.97 Å². The van der Waals surface area contributed by atoms with Crippen LogP contribution < -0.4 is 10.6 Å². The van der Waals surface area contributed by atoms with Crippen LogP contribution in [0.3, 0.4) is 0 Å². The van der Waals surface area contributed by atoms with Crippen molar-refractivity contribution >= 4 is 11.6 Å². The lowest BCUT2D eigenvalue weighted by Crippen LogP contribution is -2.20. The van der Waals surface area contributed by atoms with Crippen LogP contribution >= 0.6 is 0 Å². The molecular weight excluding hydrogens is 264 g/mol. The number of hydrogen-bond donors (Lipinski definition) is 2. The van der Waals surface area contributed by atoms with Gasteiger partial charge in [-0.1, -0.05) is 20.8 Å². The molecule has 0 aliphatic rings. The van der Waals surface area contributed by atoms with Gasteiger partial charge in [-0.25, -0.2) is 9.97 Å². The minimum Gasteiger partial charge on any atom is -0.385 e. The van der Waals surface area contributed by atoms with Crippen molar-refractivity contribution in [3.05, 3.63) is 11.4 Å². The van der Waals surface area contributed by atoms with Gasteiger partial charge in [-0.15, -0.1) is 0 Å². The van der Waals surface area contributed by atoms with E-state index in [-0.39, 0.29) is 5.41 Å². The second kappa shape index (κ2) is 8.17. The minimum absolute atomic E-state index is 0.0651. The third-order valence-electron chi connectivity index (χ3n) is 3.23. The topological polar surface area (TPSA) is 59.1 Å². The molecule has 5 heteroatoms. The van der Waals surface area contributed by atoms with Crippen molar-refractivity contribution < 1.29 is 4.74 Å². The predicted molar refractivity (Wildman–Crippen MR) is 89.2 cm³/mol. The van der Waals surface area contributed by atoms with Gasteiger partial charge < -0.3 is 15.4 Å². The van der Waals surface area contributed by atoms with Gasteiger partial charge in [0.25, 0.3) is 0 Å². The quantitative estimate of drug-likeness (QED) is 0.720. The van der Waals surface area contributed by atoms with E-state index in [0.29, 0.717) is 0 Å². The molecule has 1 rings (SSSR count). The molecule has 1 aromatic rings. The van der Waals surface area contributed by atoms with Crippen LogP contribution in [0.4, 0.5) is 11.6 Å². The Hall–Kier alpha value is -1.36. The Bertz CT molecular complexity index is 441.